The largest absolute Gasteiger partial charge is 0.481 e. The molecule has 1 saturated heterocycles. The first-order valence-electron chi connectivity index (χ1n) is 17.8. The van der Waals surface area contributed by atoms with Gasteiger partial charge >= 0.3 is 12.1 Å². The van der Waals surface area contributed by atoms with Crippen molar-refractivity contribution in [3.05, 3.63) is 91.6 Å². The summed E-state index contributed by atoms with van der Waals surface area (Å²) in [4.78, 5) is 41.5. The van der Waals surface area contributed by atoms with Gasteiger partial charge in [-0.1, -0.05) is 19.8 Å². The number of terminal acetylenes is 1. The summed E-state index contributed by atoms with van der Waals surface area (Å²) in [6, 6.07) is 0.129. The van der Waals surface area contributed by atoms with Crippen LogP contribution in [0.1, 0.15) is 97.3 Å². The zero-order chi connectivity index (χ0) is 40.7. The third kappa shape index (κ3) is 9.06. The van der Waals surface area contributed by atoms with Crippen LogP contribution in [0.15, 0.2) is 35.3 Å². The van der Waals surface area contributed by atoms with Gasteiger partial charge in [-0.05, 0) is 98.5 Å². The first-order chi connectivity index (χ1) is 25.6. The Morgan fingerprint density at radius 2 is 1.64 bits per heavy atom. The molecule has 5 rings (SSSR count). The highest BCUT2D eigenvalue weighted by atomic mass is 19.4. The Kier molecular flexibility index (Phi) is 11.9. The Bertz CT molecular complexity index is 2060. The van der Waals surface area contributed by atoms with Crippen molar-refractivity contribution in [3.63, 3.8) is 0 Å². The van der Waals surface area contributed by atoms with Gasteiger partial charge in [-0.25, -0.2) is 22.0 Å². The van der Waals surface area contributed by atoms with Crippen LogP contribution < -0.4 is 10.9 Å². The first kappa shape index (κ1) is 41.5. The maximum atomic E-state index is 16.6. The minimum absolute atomic E-state index is 0.107. The van der Waals surface area contributed by atoms with Crippen LogP contribution in [0, 0.1) is 55.5 Å². The fourth-order valence-electron chi connectivity index (χ4n) is 7.63. The number of aryl methyl sites for hydroxylation is 2. The number of likely N-dealkylation sites (tertiary alicyclic amines) is 1. The second-order valence-electron chi connectivity index (χ2n) is 15.0. The fraction of sp³-hybridized carbons (Fsp3) is 0.475. The van der Waals surface area contributed by atoms with Crippen molar-refractivity contribution in [2.45, 2.75) is 89.9 Å². The number of amides is 1. The lowest BCUT2D eigenvalue weighted by Crippen LogP contribution is -2.41. The molecule has 1 unspecified atom stereocenters. The lowest BCUT2D eigenvalue weighted by Gasteiger charge is -2.34. The van der Waals surface area contributed by atoms with Crippen LogP contribution in [0.2, 0.25) is 0 Å². The first-order valence-corrected chi connectivity index (χ1v) is 17.8. The number of hydrogen-bond acceptors (Lipinski definition) is 4. The number of carbonyl (C=O) groups is 2. The summed E-state index contributed by atoms with van der Waals surface area (Å²) < 4.78 is 118. The molecular weight excluding hydrogens is 738 g/mol. The standard InChI is InChI=1S/C40H41F8N3O4/c1-6-23-14-27(34-21(4)12-26(41)13-22(34)5)37(43)35(36(23)42)30(16-33(53)54)49-38(55)31(11-20(2)3)51-19-28(29(15-32(51)52)40(46,47)48)24-7-9-50(10-8-24)18-25-17-39(25,44)45/h1,12-15,19-20,24-25,30-31H,7-11,16-18H2,2-5H3,(H,49,55)(H,53,54)/t25?,30-,31-/m1/s1. The molecule has 1 aliphatic heterocycles. The molecule has 3 aromatic rings. The number of alkyl halides is 5. The minimum Gasteiger partial charge on any atom is -0.481 e. The number of aliphatic carboxylic acids is 1. The van der Waals surface area contributed by atoms with Crippen molar-refractivity contribution < 1.29 is 49.8 Å². The van der Waals surface area contributed by atoms with E-state index < -0.39 is 94.0 Å². The maximum absolute atomic E-state index is 16.6. The van der Waals surface area contributed by atoms with Gasteiger partial charge in [0, 0.05) is 42.3 Å². The van der Waals surface area contributed by atoms with Crippen molar-refractivity contribution in [3.8, 4) is 23.5 Å². The number of benzene rings is 2. The average molecular weight is 780 g/mol. The van der Waals surface area contributed by atoms with E-state index in [4.69, 9.17) is 6.42 Å². The number of hydrogen-bond donors (Lipinski definition) is 2. The van der Waals surface area contributed by atoms with Gasteiger partial charge in [0.1, 0.15) is 23.5 Å². The van der Waals surface area contributed by atoms with Gasteiger partial charge in [0.15, 0.2) is 0 Å². The number of halogens is 8. The number of pyridine rings is 1. The average Bonchev–Trinajstić information content (AvgIpc) is 3.68. The molecule has 2 fully saturated rings. The van der Waals surface area contributed by atoms with Crippen molar-refractivity contribution >= 4 is 11.9 Å². The van der Waals surface area contributed by atoms with Crippen molar-refractivity contribution in [1.82, 2.24) is 14.8 Å². The second kappa shape index (κ2) is 15.8. The molecule has 2 aromatic carbocycles. The lowest BCUT2D eigenvalue weighted by atomic mass is 9.87. The van der Waals surface area contributed by atoms with Crippen LogP contribution in [-0.2, 0) is 15.8 Å². The molecule has 15 heteroatoms. The minimum atomic E-state index is -4.96. The summed E-state index contributed by atoms with van der Waals surface area (Å²) in [6.07, 6.45) is 0.387. The molecule has 2 heterocycles. The molecule has 0 radical (unpaired) electrons. The Morgan fingerprint density at radius 3 is 2.15 bits per heavy atom. The number of rotatable bonds is 12. The number of carboxylic acid groups (broad SMARTS) is 1. The second-order valence-corrected chi connectivity index (χ2v) is 15.0. The van der Waals surface area contributed by atoms with Crippen molar-refractivity contribution in [1.29, 1.82) is 0 Å². The summed E-state index contributed by atoms with van der Waals surface area (Å²) in [7, 11) is 0. The molecule has 55 heavy (non-hydrogen) atoms. The van der Waals surface area contributed by atoms with Crippen LogP contribution in [0.4, 0.5) is 35.1 Å². The molecule has 1 aromatic heterocycles. The smallest absolute Gasteiger partial charge is 0.416 e. The highest BCUT2D eigenvalue weighted by molar-refractivity contribution is 5.82. The molecule has 7 nitrogen and oxygen atoms in total. The fourth-order valence-corrected chi connectivity index (χ4v) is 7.63. The van der Waals surface area contributed by atoms with E-state index in [1.807, 2.05) is 0 Å². The zero-order valence-electron chi connectivity index (χ0n) is 30.6. The molecule has 2 N–H and O–H groups in total. The number of carboxylic acids is 1. The predicted octanol–water partition coefficient (Wildman–Crippen LogP) is 8.30. The van der Waals surface area contributed by atoms with Gasteiger partial charge in [0.2, 0.25) is 5.91 Å². The van der Waals surface area contributed by atoms with E-state index in [1.54, 1.807) is 18.7 Å². The summed E-state index contributed by atoms with van der Waals surface area (Å²) in [5, 5.41) is 12.2. The monoisotopic (exact) mass is 779 g/mol. The molecule has 1 saturated carbocycles. The number of nitrogens with zero attached hydrogens (tertiary/aromatic N) is 2. The SMILES string of the molecule is C#Cc1cc(-c2c(C)cc(F)cc2C)c(F)c([C@@H](CC(=O)O)NC(=O)[C@@H](CC(C)C)n2cc(C3CCN(CC4CC4(F)F)CC3)c(C(F)(F)F)cc2=O)c1F. The van der Waals surface area contributed by atoms with E-state index in [-0.39, 0.29) is 79.1 Å². The van der Waals surface area contributed by atoms with E-state index in [0.717, 1.165) is 29.0 Å². The van der Waals surface area contributed by atoms with Crippen molar-refractivity contribution in [2.75, 3.05) is 19.6 Å². The van der Waals surface area contributed by atoms with Gasteiger partial charge in [-0.3, -0.25) is 14.4 Å². The topological polar surface area (TPSA) is 91.6 Å². The van der Waals surface area contributed by atoms with Crippen LogP contribution in [-0.4, -0.2) is 52.0 Å². The van der Waals surface area contributed by atoms with Crippen LogP contribution >= 0.6 is 0 Å². The number of piperidine rings is 1. The summed E-state index contributed by atoms with van der Waals surface area (Å²) in [5.74, 6) is -8.55. The van der Waals surface area contributed by atoms with Gasteiger partial charge in [0.05, 0.1) is 23.6 Å². The maximum Gasteiger partial charge on any atom is 0.416 e. The summed E-state index contributed by atoms with van der Waals surface area (Å²) in [6.45, 7) is 6.85. The predicted molar refractivity (Wildman–Crippen MR) is 188 cm³/mol. The van der Waals surface area contributed by atoms with E-state index in [9.17, 15) is 45.8 Å². The number of nitrogens with one attached hydrogen (secondary N) is 1. The zero-order valence-corrected chi connectivity index (χ0v) is 30.6. The van der Waals surface area contributed by atoms with E-state index >= 15 is 8.78 Å². The summed E-state index contributed by atoms with van der Waals surface area (Å²) in [5.41, 5.74) is -3.72. The Balaban J connectivity index is 1.56. The van der Waals surface area contributed by atoms with Gasteiger partial charge in [-0.15, -0.1) is 6.42 Å². The van der Waals surface area contributed by atoms with E-state index in [2.05, 4.69) is 11.2 Å². The number of aromatic nitrogens is 1. The highest BCUT2D eigenvalue weighted by Crippen LogP contribution is 2.49. The molecule has 1 amide bonds. The molecule has 0 spiro atoms. The molecule has 296 valence electrons. The lowest BCUT2D eigenvalue weighted by molar-refractivity contribution is -0.139. The quantitative estimate of drug-likeness (QED) is 0.143. The Labute approximate surface area is 312 Å². The van der Waals surface area contributed by atoms with E-state index in [1.165, 1.54) is 13.8 Å². The molecular formula is C40H41F8N3O4. The van der Waals surface area contributed by atoms with Gasteiger partial charge in [0.25, 0.3) is 11.5 Å². The third-order valence-corrected chi connectivity index (χ3v) is 10.4. The normalized spacial score (nSPS) is 18.5. The summed E-state index contributed by atoms with van der Waals surface area (Å²) >= 11 is 0. The molecule has 1 aliphatic carbocycles. The van der Waals surface area contributed by atoms with Crippen molar-refractivity contribution in [2.24, 2.45) is 11.8 Å². The molecule has 0 bridgehead atoms. The Morgan fingerprint density at radius 1 is 1.04 bits per heavy atom. The Hall–Kier alpha value is -4.71. The van der Waals surface area contributed by atoms with Crippen LogP contribution in [0.3, 0.4) is 0 Å². The van der Waals surface area contributed by atoms with Gasteiger partial charge < -0.3 is 19.9 Å². The molecule has 2 aliphatic rings. The number of carbonyl (C=O) groups excluding carboxylic acids is 1. The van der Waals surface area contributed by atoms with Gasteiger partial charge in [-0.2, -0.15) is 13.2 Å². The molecule has 3 atom stereocenters. The van der Waals surface area contributed by atoms with Crippen LogP contribution in [0.25, 0.3) is 11.1 Å². The third-order valence-electron chi connectivity index (χ3n) is 10.4. The van der Waals surface area contributed by atoms with E-state index in [0.29, 0.717) is 6.07 Å². The van der Waals surface area contributed by atoms with Crippen LogP contribution in [0.5, 0.6) is 0 Å². The highest BCUT2D eigenvalue weighted by Gasteiger charge is 2.57.